The van der Waals surface area contributed by atoms with Gasteiger partial charge in [-0.15, -0.1) is 11.3 Å². The van der Waals surface area contributed by atoms with E-state index in [1.807, 2.05) is 36.4 Å². The van der Waals surface area contributed by atoms with Crippen molar-refractivity contribution in [2.75, 3.05) is 6.26 Å². The van der Waals surface area contributed by atoms with E-state index in [0.29, 0.717) is 11.6 Å². The van der Waals surface area contributed by atoms with Gasteiger partial charge in [-0.25, -0.2) is 18.4 Å². The molecule has 0 radical (unpaired) electrons. The van der Waals surface area contributed by atoms with E-state index < -0.39 is 9.84 Å². The fourth-order valence-corrected chi connectivity index (χ4v) is 4.19. The monoisotopic (exact) mass is 382 g/mol. The molecule has 0 saturated heterocycles. The minimum absolute atomic E-state index is 0.204. The zero-order valence-electron chi connectivity index (χ0n) is 13.8. The number of sulfone groups is 1. The van der Waals surface area contributed by atoms with Gasteiger partial charge in [0.25, 0.3) is 0 Å². The Bertz CT molecular complexity index is 1190. The van der Waals surface area contributed by atoms with Crippen LogP contribution in [0.1, 0.15) is 0 Å². The molecule has 0 aliphatic carbocycles. The molecule has 0 N–H and O–H groups in total. The number of ether oxygens (including phenoxy) is 1. The summed E-state index contributed by atoms with van der Waals surface area (Å²) in [5, 5.41) is 0.793. The van der Waals surface area contributed by atoms with Gasteiger partial charge in [0.2, 0.25) is 5.88 Å². The molecule has 0 saturated carbocycles. The molecule has 7 heteroatoms. The van der Waals surface area contributed by atoms with Crippen LogP contribution >= 0.6 is 11.3 Å². The SMILES string of the molecule is CS(=O)(=O)c1cccc(Oc2ncnc3sc(-c4ccccc4)cc23)c1. The van der Waals surface area contributed by atoms with Crippen LogP contribution in [0.4, 0.5) is 0 Å². The minimum atomic E-state index is -3.30. The summed E-state index contributed by atoms with van der Waals surface area (Å²) < 4.78 is 29.3. The fourth-order valence-electron chi connectivity index (χ4n) is 2.54. The summed E-state index contributed by atoms with van der Waals surface area (Å²) in [6, 6.07) is 18.4. The molecule has 5 nitrogen and oxygen atoms in total. The third-order valence-corrected chi connectivity index (χ3v) is 6.00. The average molecular weight is 382 g/mol. The second kappa shape index (κ2) is 6.51. The van der Waals surface area contributed by atoms with Crippen LogP contribution < -0.4 is 4.74 Å². The standard InChI is InChI=1S/C19H14N2O3S2/c1-26(22,23)15-9-5-8-14(10-15)24-18-16-11-17(13-6-3-2-4-7-13)25-19(16)21-12-20-18/h2-12H,1H3. The van der Waals surface area contributed by atoms with Crippen LogP contribution in [-0.4, -0.2) is 24.6 Å². The molecule has 0 unspecified atom stereocenters. The van der Waals surface area contributed by atoms with Gasteiger partial charge in [-0.05, 0) is 29.8 Å². The number of hydrogen-bond acceptors (Lipinski definition) is 6. The largest absolute Gasteiger partial charge is 0.438 e. The number of hydrogen-bond donors (Lipinski definition) is 0. The normalized spacial score (nSPS) is 11.6. The average Bonchev–Trinajstić information content (AvgIpc) is 3.07. The Kier molecular flexibility index (Phi) is 4.18. The third kappa shape index (κ3) is 3.31. The molecule has 0 spiro atoms. The van der Waals surface area contributed by atoms with Crippen LogP contribution in [0.3, 0.4) is 0 Å². The van der Waals surface area contributed by atoms with Gasteiger partial charge in [0.15, 0.2) is 9.84 Å². The number of aromatic nitrogens is 2. The highest BCUT2D eigenvalue weighted by molar-refractivity contribution is 7.90. The highest BCUT2D eigenvalue weighted by atomic mass is 32.2. The van der Waals surface area contributed by atoms with E-state index in [-0.39, 0.29) is 4.90 Å². The van der Waals surface area contributed by atoms with Crippen molar-refractivity contribution < 1.29 is 13.2 Å². The first-order valence-corrected chi connectivity index (χ1v) is 10.5. The van der Waals surface area contributed by atoms with Gasteiger partial charge in [0.1, 0.15) is 16.9 Å². The molecule has 0 atom stereocenters. The van der Waals surface area contributed by atoms with E-state index in [1.165, 1.54) is 24.7 Å². The van der Waals surface area contributed by atoms with Crippen molar-refractivity contribution in [1.82, 2.24) is 9.97 Å². The zero-order chi connectivity index (χ0) is 18.1. The van der Waals surface area contributed by atoms with E-state index in [1.54, 1.807) is 23.5 Å². The van der Waals surface area contributed by atoms with Gasteiger partial charge in [-0.2, -0.15) is 0 Å². The molecule has 4 aromatic rings. The van der Waals surface area contributed by atoms with Crippen molar-refractivity contribution >= 4 is 31.4 Å². The zero-order valence-corrected chi connectivity index (χ0v) is 15.4. The lowest BCUT2D eigenvalue weighted by atomic mass is 10.2. The van der Waals surface area contributed by atoms with Gasteiger partial charge in [-0.3, -0.25) is 0 Å². The maximum Gasteiger partial charge on any atom is 0.231 e. The lowest BCUT2D eigenvalue weighted by Crippen LogP contribution is -1.97. The highest BCUT2D eigenvalue weighted by Crippen LogP contribution is 2.37. The Morgan fingerprint density at radius 1 is 0.962 bits per heavy atom. The molecule has 2 heterocycles. The van der Waals surface area contributed by atoms with Gasteiger partial charge in [0, 0.05) is 11.1 Å². The Labute approximate surface area is 154 Å². The van der Waals surface area contributed by atoms with Crippen LogP contribution in [0.25, 0.3) is 20.7 Å². The smallest absolute Gasteiger partial charge is 0.231 e. The summed E-state index contributed by atoms with van der Waals surface area (Å²) in [6.07, 6.45) is 2.61. The van der Waals surface area contributed by atoms with Gasteiger partial charge in [0.05, 0.1) is 10.3 Å². The molecule has 26 heavy (non-hydrogen) atoms. The Morgan fingerprint density at radius 3 is 2.54 bits per heavy atom. The molecule has 2 aromatic carbocycles. The van der Waals surface area contributed by atoms with Gasteiger partial charge in [-0.1, -0.05) is 36.4 Å². The van der Waals surface area contributed by atoms with Crippen LogP contribution in [-0.2, 0) is 9.84 Å². The van der Waals surface area contributed by atoms with E-state index in [4.69, 9.17) is 4.74 Å². The first kappa shape index (κ1) is 16.7. The van der Waals surface area contributed by atoms with Crippen LogP contribution in [0, 0.1) is 0 Å². The summed E-state index contributed by atoms with van der Waals surface area (Å²) in [5.41, 5.74) is 1.10. The predicted molar refractivity (Wildman–Crippen MR) is 102 cm³/mol. The topological polar surface area (TPSA) is 69.2 Å². The molecular formula is C19H14N2O3S2. The molecule has 0 bridgehead atoms. The van der Waals surface area contributed by atoms with Crippen molar-refractivity contribution in [1.29, 1.82) is 0 Å². The Morgan fingerprint density at radius 2 is 1.77 bits per heavy atom. The summed E-state index contributed by atoms with van der Waals surface area (Å²) in [4.78, 5) is 10.6. The lowest BCUT2D eigenvalue weighted by molar-refractivity contribution is 0.466. The number of nitrogens with zero attached hydrogens (tertiary/aromatic N) is 2. The number of rotatable bonds is 4. The first-order valence-electron chi connectivity index (χ1n) is 7.79. The van der Waals surface area contributed by atoms with Crippen LogP contribution in [0.5, 0.6) is 11.6 Å². The first-order chi connectivity index (χ1) is 12.5. The Balaban J connectivity index is 1.75. The van der Waals surface area contributed by atoms with Crippen molar-refractivity contribution in [3.63, 3.8) is 0 Å². The number of thiophene rings is 1. The summed E-state index contributed by atoms with van der Waals surface area (Å²) in [7, 11) is -3.30. The summed E-state index contributed by atoms with van der Waals surface area (Å²) >= 11 is 1.56. The third-order valence-electron chi connectivity index (χ3n) is 3.80. The predicted octanol–water partition coefficient (Wildman–Crippen LogP) is 4.55. The van der Waals surface area contributed by atoms with Crippen molar-refractivity contribution in [2.24, 2.45) is 0 Å². The lowest BCUT2D eigenvalue weighted by Gasteiger charge is -2.06. The van der Waals surface area contributed by atoms with Crippen molar-refractivity contribution in [3.8, 4) is 22.1 Å². The molecule has 130 valence electrons. The maximum atomic E-state index is 11.7. The van der Waals surface area contributed by atoms with E-state index >= 15 is 0 Å². The number of fused-ring (bicyclic) bond motifs is 1. The molecular weight excluding hydrogens is 368 g/mol. The van der Waals surface area contributed by atoms with Gasteiger partial charge < -0.3 is 4.74 Å². The quantitative estimate of drug-likeness (QED) is 0.518. The second-order valence-electron chi connectivity index (χ2n) is 5.72. The molecule has 0 aliphatic heterocycles. The highest BCUT2D eigenvalue weighted by Gasteiger charge is 2.13. The number of benzene rings is 2. The van der Waals surface area contributed by atoms with Crippen molar-refractivity contribution in [2.45, 2.75) is 4.90 Å². The van der Waals surface area contributed by atoms with Crippen molar-refractivity contribution in [3.05, 3.63) is 67.0 Å². The van der Waals surface area contributed by atoms with Gasteiger partial charge >= 0.3 is 0 Å². The fraction of sp³-hybridized carbons (Fsp3) is 0.0526. The second-order valence-corrected chi connectivity index (χ2v) is 8.77. The van der Waals surface area contributed by atoms with E-state index in [9.17, 15) is 8.42 Å². The summed E-state index contributed by atoms with van der Waals surface area (Å²) in [5.74, 6) is 0.819. The molecule has 0 aliphatic rings. The molecule has 0 amide bonds. The summed E-state index contributed by atoms with van der Waals surface area (Å²) in [6.45, 7) is 0. The minimum Gasteiger partial charge on any atom is -0.438 e. The van der Waals surface area contributed by atoms with E-state index in [0.717, 1.165) is 20.7 Å². The van der Waals surface area contributed by atoms with Crippen LogP contribution in [0.2, 0.25) is 0 Å². The molecule has 0 fully saturated rings. The molecule has 4 rings (SSSR count). The molecule has 2 aromatic heterocycles. The maximum absolute atomic E-state index is 11.7. The Hall–Kier alpha value is -2.77. The van der Waals surface area contributed by atoms with Crippen LogP contribution in [0.15, 0.2) is 71.9 Å². The van der Waals surface area contributed by atoms with E-state index in [2.05, 4.69) is 9.97 Å².